The number of rotatable bonds is 1. The molecular weight excluding hydrogens is 232 g/mol. The molecule has 0 aromatic carbocycles. The molecule has 0 atom stereocenters. The summed E-state index contributed by atoms with van der Waals surface area (Å²) < 4.78 is 0. The molecule has 0 amide bonds. The van der Waals surface area contributed by atoms with Gasteiger partial charge in [-0.3, -0.25) is 0 Å². The monoisotopic (exact) mass is 254 g/mol. The Morgan fingerprint density at radius 3 is 2.74 bits per heavy atom. The van der Waals surface area contributed by atoms with E-state index in [1.54, 1.807) is 0 Å². The van der Waals surface area contributed by atoms with Crippen LogP contribution >= 0.6 is 0 Å². The number of H-pyrrole nitrogens is 1. The molecule has 0 saturated heterocycles. The fraction of sp³-hybridized carbons (Fsp3) is 0.471. The second-order valence-electron chi connectivity index (χ2n) is 7.32. The number of aromatic amines is 1. The molecule has 1 aliphatic rings. The molecule has 19 heavy (non-hydrogen) atoms. The number of pyridine rings is 1. The van der Waals surface area contributed by atoms with E-state index in [-0.39, 0.29) is 5.41 Å². The molecule has 100 valence electrons. The molecular formula is C17H22N2. The normalized spacial score (nSPS) is 21.4. The first-order valence-corrected chi connectivity index (χ1v) is 7.00. The number of allylic oxidation sites excluding steroid dienone is 2. The average Bonchev–Trinajstić information content (AvgIpc) is 2.71. The van der Waals surface area contributed by atoms with Gasteiger partial charge < -0.3 is 4.98 Å². The van der Waals surface area contributed by atoms with Crippen molar-refractivity contribution >= 4 is 16.6 Å². The molecule has 0 fully saturated rings. The third-order valence-corrected chi connectivity index (χ3v) is 3.94. The Morgan fingerprint density at radius 2 is 2.00 bits per heavy atom. The van der Waals surface area contributed by atoms with E-state index in [0.717, 1.165) is 12.1 Å². The van der Waals surface area contributed by atoms with Crippen LogP contribution in [0.1, 0.15) is 46.1 Å². The maximum Gasteiger partial charge on any atom is 0.137 e. The highest BCUT2D eigenvalue weighted by Crippen LogP contribution is 2.47. The van der Waals surface area contributed by atoms with Crippen LogP contribution in [0.25, 0.3) is 16.6 Å². The molecule has 0 spiro atoms. The first kappa shape index (κ1) is 12.5. The van der Waals surface area contributed by atoms with E-state index in [0.29, 0.717) is 5.41 Å². The smallest absolute Gasteiger partial charge is 0.137 e. The van der Waals surface area contributed by atoms with Crippen LogP contribution < -0.4 is 0 Å². The van der Waals surface area contributed by atoms with Crippen LogP contribution in [-0.4, -0.2) is 9.97 Å². The van der Waals surface area contributed by atoms with Crippen LogP contribution in [0.15, 0.2) is 30.6 Å². The topological polar surface area (TPSA) is 28.7 Å². The molecule has 0 saturated carbocycles. The summed E-state index contributed by atoms with van der Waals surface area (Å²) in [4.78, 5) is 7.67. The molecule has 0 aliphatic heterocycles. The number of nitrogens with one attached hydrogen (secondary N) is 1. The van der Waals surface area contributed by atoms with Gasteiger partial charge in [-0.25, -0.2) is 4.98 Å². The van der Waals surface area contributed by atoms with Gasteiger partial charge in [0, 0.05) is 17.8 Å². The van der Waals surface area contributed by atoms with Gasteiger partial charge in [0.1, 0.15) is 5.65 Å². The Kier molecular flexibility index (Phi) is 2.60. The molecule has 0 radical (unpaired) electrons. The van der Waals surface area contributed by atoms with E-state index in [2.05, 4.69) is 55.9 Å². The van der Waals surface area contributed by atoms with Crippen molar-refractivity contribution in [3.8, 4) is 0 Å². The standard InChI is InChI=1S/C17H22N2/c1-16(2)8-14(9-17(3,4)11-16)13-7-12-5-6-18-15(12)19-10-13/h5-8,10H,9,11H2,1-4H3,(H,18,19). The van der Waals surface area contributed by atoms with E-state index in [1.165, 1.54) is 22.9 Å². The van der Waals surface area contributed by atoms with Gasteiger partial charge in [0.25, 0.3) is 0 Å². The van der Waals surface area contributed by atoms with Crippen molar-refractivity contribution in [2.45, 2.75) is 40.5 Å². The van der Waals surface area contributed by atoms with Gasteiger partial charge in [-0.05, 0) is 46.9 Å². The lowest BCUT2D eigenvalue weighted by atomic mass is 9.66. The van der Waals surface area contributed by atoms with Crippen molar-refractivity contribution in [2.75, 3.05) is 0 Å². The number of hydrogen-bond donors (Lipinski definition) is 1. The lowest BCUT2D eigenvalue weighted by molar-refractivity contribution is 0.229. The Bertz CT molecular complexity index is 644. The molecule has 3 rings (SSSR count). The molecule has 1 N–H and O–H groups in total. The number of hydrogen-bond acceptors (Lipinski definition) is 1. The summed E-state index contributed by atoms with van der Waals surface area (Å²) in [6, 6.07) is 4.34. The van der Waals surface area contributed by atoms with E-state index < -0.39 is 0 Å². The van der Waals surface area contributed by atoms with Crippen LogP contribution in [0.5, 0.6) is 0 Å². The lowest BCUT2D eigenvalue weighted by Gasteiger charge is -2.39. The molecule has 2 heteroatoms. The first-order valence-electron chi connectivity index (χ1n) is 7.00. The fourth-order valence-corrected chi connectivity index (χ4v) is 3.69. The minimum Gasteiger partial charge on any atom is -0.346 e. The highest BCUT2D eigenvalue weighted by molar-refractivity contribution is 5.80. The van der Waals surface area contributed by atoms with Gasteiger partial charge in [0.15, 0.2) is 0 Å². The Hall–Kier alpha value is -1.57. The summed E-state index contributed by atoms with van der Waals surface area (Å²) in [6.07, 6.45) is 8.76. The van der Waals surface area contributed by atoms with Crippen molar-refractivity contribution in [1.82, 2.24) is 9.97 Å². The Balaban J connectivity index is 2.07. The summed E-state index contributed by atoms with van der Waals surface area (Å²) >= 11 is 0. The van der Waals surface area contributed by atoms with E-state index in [4.69, 9.17) is 0 Å². The summed E-state index contributed by atoms with van der Waals surface area (Å²) in [5, 5.41) is 1.19. The molecule has 0 bridgehead atoms. The Morgan fingerprint density at radius 1 is 1.21 bits per heavy atom. The van der Waals surface area contributed by atoms with Crippen molar-refractivity contribution in [3.05, 3.63) is 36.2 Å². The predicted octanol–water partition coefficient (Wildman–Crippen LogP) is 4.79. The zero-order valence-electron chi connectivity index (χ0n) is 12.2. The third kappa shape index (κ3) is 2.44. The minimum atomic E-state index is 0.268. The van der Waals surface area contributed by atoms with Gasteiger partial charge in [-0.2, -0.15) is 0 Å². The van der Waals surface area contributed by atoms with Gasteiger partial charge in [-0.15, -0.1) is 0 Å². The van der Waals surface area contributed by atoms with Crippen LogP contribution in [-0.2, 0) is 0 Å². The fourth-order valence-electron chi connectivity index (χ4n) is 3.69. The van der Waals surface area contributed by atoms with Gasteiger partial charge in [0.05, 0.1) is 0 Å². The third-order valence-electron chi connectivity index (χ3n) is 3.94. The lowest BCUT2D eigenvalue weighted by Crippen LogP contribution is -2.26. The highest BCUT2D eigenvalue weighted by atomic mass is 14.8. The molecule has 2 aromatic rings. The summed E-state index contributed by atoms with van der Waals surface area (Å²) in [6.45, 7) is 9.39. The molecule has 2 heterocycles. The van der Waals surface area contributed by atoms with Crippen LogP contribution in [0.4, 0.5) is 0 Å². The molecule has 2 aromatic heterocycles. The van der Waals surface area contributed by atoms with Crippen molar-refractivity contribution in [2.24, 2.45) is 10.8 Å². The van der Waals surface area contributed by atoms with Crippen LogP contribution in [0, 0.1) is 10.8 Å². The van der Waals surface area contributed by atoms with E-state index >= 15 is 0 Å². The summed E-state index contributed by atoms with van der Waals surface area (Å²) in [5.74, 6) is 0. The van der Waals surface area contributed by atoms with Crippen molar-refractivity contribution in [3.63, 3.8) is 0 Å². The van der Waals surface area contributed by atoms with Crippen LogP contribution in [0.2, 0.25) is 0 Å². The molecule has 1 aliphatic carbocycles. The quantitative estimate of drug-likeness (QED) is 0.778. The summed E-state index contributed by atoms with van der Waals surface area (Å²) in [5.41, 5.74) is 4.31. The second-order valence-corrected chi connectivity index (χ2v) is 7.32. The minimum absolute atomic E-state index is 0.268. The zero-order valence-corrected chi connectivity index (χ0v) is 12.2. The SMILES string of the molecule is CC1(C)C=C(c2cnc3[nH]ccc3c2)CC(C)(C)C1. The largest absolute Gasteiger partial charge is 0.346 e. The number of aromatic nitrogens is 2. The highest BCUT2D eigenvalue weighted by Gasteiger charge is 2.33. The Labute approximate surface area is 114 Å². The number of nitrogens with zero attached hydrogens (tertiary/aromatic N) is 1. The predicted molar refractivity (Wildman–Crippen MR) is 80.9 cm³/mol. The van der Waals surface area contributed by atoms with E-state index in [9.17, 15) is 0 Å². The maximum absolute atomic E-state index is 4.52. The van der Waals surface area contributed by atoms with Gasteiger partial charge >= 0.3 is 0 Å². The maximum atomic E-state index is 4.52. The molecule has 0 unspecified atom stereocenters. The summed E-state index contributed by atoms with van der Waals surface area (Å²) in [7, 11) is 0. The second kappa shape index (κ2) is 3.96. The van der Waals surface area contributed by atoms with Crippen molar-refractivity contribution < 1.29 is 0 Å². The van der Waals surface area contributed by atoms with Crippen molar-refractivity contribution in [1.29, 1.82) is 0 Å². The van der Waals surface area contributed by atoms with Gasteiger partial charge in [0.2, 0.25) is 0 Å². The average molecular weight is 254 g/mol. The van der Waals surface area contributed by atoms with Gasteiger partial charge in [-0.1, -0.05) is 33.8 Å². The molecule has 2 nitrogen and oxygen atoms in total. The van der Waals surface area contributed by atoms with Crippen LogP contribution in [0.3, 0.4) is 0 Å². The van der Waals surface area contributed by atoms with E-state index in [1.807, 2.05) is 12.4 Å². The first-order chi connectivity index (χ1) is 8.85. The number of fused-ring (bicyclic) bond motifs is 1. The zero-order chi connectivity index (χ0) is 13.7.